The Labute approximate surface area is 138 Å². The summed E-state index contributed by atoms with van der Waals surface area (Å²) in [7, 11) is 0. The molecule has 1 aliphatic heterocycles. The Morgan fingerprint density at radius 3 is 2.58 bits per heavy atom. The first-order chi connectivity index (χ1) is 11.4. The van der Waals surface area contributed by atoms with Crippen LogP contribution in [0.3, 0.4) is 0 Å². The molecular formula is C16H15N3O5. The van der Waals surface area contributed by atoms with E-state index in [1.807, 2.05) is 6.07 Å². The predicted molar refractivity (Wildman–Crippen MR) is 83.1 cm³/mol. The van der Waals surface area contributed by atoms with Crippen molar-refractivity contribution in [3.05, 3.63) is 51.3 Å². The number of nitrogens with zero attached hydrogens (tertiary/aromatic N) is 2. The molecule has 1 aliphatic rings. The quantitative estimate of drug-likeness (QED) is 0.514. The number of hydrogen-bond donors (Lipinski definition) is 1. The number of allylic oxidation sites excluding steroid dienone is 1. The summed E-state index contributed by atoms with van der Waals surface area (Å²) >= 11 is 0. The van der Waals surface area contributed by atoms with E-state index < -0.39 is 22.7 Å². The van der Waals surface area contributed by atoms with Crippen molar-refractivity contribution in [1.82, 2.24) is 0 Å². The molecule has 0 aliphatic carbocycles. The average Bonchev–Trinajstić information content (AvgIpc) is 2.54. The summed E-state index contributed by atoms with van der Waals surface area (Å²) in [4.78, 5) is 22.5. The molecule has 2 unspecified atom stereocenters. The highest BCUT2D eigenvalue weighted by molar-refractivity contribution is 5.95. The summed E-state index contributed by atoms with van der Waals surface area (Å²) in [6.45, 7) is 3.33. The van der Waals surface area contributed by atoms with Crippen LogP contribution in [0, 0.1) is 32.8 Å². The third-order valence-corrected chi connectivity index (χ3v) is 3.67. The van der Waals surface area contributed by atoms with E-state index in [-0.39, 0.29) is 29.5 Å². The van der Waals surface area contributed by atoms with Crippen molar-refractivity contribution >= 4 is 17.6 Å². The molecule has 1 N–H and O–H groups in total. The SMILES string of the molecule is CCOC(=O)C1=C(C)OC(=N)C(C#N)C1c1ccc([N+](=O)[O-])cc1. The van der Waals surface area contributed by atoms with E-state index in [1.165, 1.54) is 31.2 Å². The molecular weight excluding hydrogens is 314 g/mol. The van der Waals surface area contributed by atoms with Crippen molar-refractivity contribution in [2.45, 2.75) is 19.8 Å². The van der Waals surface area contributed by atoms with E-state index >= 15 is 0 Å². The van der Waals surface area contributed by atoms with E-state index in [0.717, 1.165) is 0 Å². The van der Waals surface area contributed by atoms with Crippen molar-refractivity contribution in [1.29, 1.82) is 10.7 Å². The normalized spacial score (nSPS) is 20.1. The smallest absolute Gasteiger partial charge is 0.338 e. The highest BCUT2D eigenvalue weighted by atomic mass is 16.6. The number of nitriles is 1. The number of rotatable bonds is 4. The average molecular weight is 329 g/mol. The molecule has 2 rings (SSSR count). The molecule has 2 atom stereocenters. The molecule has 0 amide bonds. The zero-order chi connectivity index (χ0) is 17.9. The lowest BCUT2D eigenvalue weighted by Gasteiger charge is -2.30. The van der Waals surface area contributed by atoms with Gasteiger partial charge in [-0.25, -0.2) is 4.79 Å². The molecule has 0 saturated heterocycles. The molecule has 0 saturated carbocycles. The van der Waals surface area contributed by atoms with Crippen LogP contribution in [-0.4, -0.2) is 23.4 Å². The van der Waals surface area contributed by atoms with Gasteiger partial charge in [0.2, 0.25) is 5.90 Å². The molecule has 0 radical (unpaired) electrons. The van der Waals surface area contributed by atoms with Crippen LogP contribution in [-0.2, 0) is 14.3 Å². The van der Waals surface area contributed by atoms with Gasteiger partial charge in [0.15, 0.2) is 0 Å². The number of nitro benzene ring substituents is 1. The van der Waals surface area contributed by atoms with Gasteiger partial charge in [0, 0.05) is 18.1 Å². The first-order valence-electron chi connectivity index (χ1n) is 7.18. The van der Waals surface area contributed by atoms with Crippen molar-refractivity contribution < 1.29 is 19.2 Å². The topological polar surface area (TPSA) is 126 Å². The number of nitro groups is 1. The molecule has 124 valence electrons. The van der Waals surface area contributed by atoms with E-state index in [9.17, 15) is 20.2 Å². The standard InChI is InChI=1S/C16H15N3O5/c1-3-23-16(20)13-9(2)24-15(18)12(8-17)14(13)10-4-6-11(7-5-10)19(21)22/h4-7,12,14,18H,3H2,1-2H3. The Kier molecular flexibility index (Phi) is 4.94. The number of nitrogens with one attached hydrogen (secondary N) is 1. The van der Waals surface area contributed by atoms with Gasteiger partial charge in [0.25, 0.3) is 5.69 Å². The Balaban J connectivity index is 2.56. The summed E-state index contributed by atoms with van der Waals surface area (Å²) in [5.41, 5.74) is 0.545. The summed E-state index contributed by atoms with van der Waals surface area (Å²) in [5.74, 6) is -2.52. The van der Waals surface area contributed by atoms with Gasteiger partial charge >= 0.3 is 5.97 Å². The molecule has 1 aromatic carbocycles. The van der Waals surface area contributed by atoms with Gasteiger partial charge in [0.1, 0.15) is 11.7 Å². The number of carbonyl (C=O) groups excluding carboxylic acids is 1. The van der Waals surface area contributed by atoms with Crippen LogP contribution in [0.4, 0.5) is 5.69 Å². The largest absolute Gasteiger partial charge is 0.463 e. The summed E-state index contributed by atoms with van der Waals surface area (Å²) in [5, 5.41) is 28.0. The van der Waals surface area contributed by atoms with Crippen LogP contribution < -0.4 is 0 Å². The minimum Gasteiger partial charge on any atom is -0.463 e. The first kappa shape index (κ1) is 17.1. The summed E-state index contributed by atoms with van der Waals surface area (Å²) < 4.78 is 10.2. The van der Waals surface area contributed by atoms with E-state index in [1.54, 1.807) is 6.92 Å². The molecule has 24 heavy (non-hydrogen) atoms. The lowest BCUT2D eigenvalue weighted by atomic mass is 9.78. The van der Waals surface area contributed by atoms with Gasteiger partial charge in [0.05, 0.1) is 23.2 Å². The van der Waals surface area contributed by atoms with Crippen LogP contribution in [0.15, 0.2) is 35.6 Å². The predicted octanol–water partition coefficient (Wildman–Crippen LogP) is 2.66. The van der Waals surface area contributed by atoms with Crippen molar-refractivity contribution in [2.75, 3.05) is 6.61 Å². The van der Waals surface area contributed by atoms with Crippen LogP contribution >= 0.6 is 0 Å². The highest BCUT2D eigenvalue weighted by Crippen LogP contribution is 2.40. The molecule has 1 aromatic rings. The number of carbonyl (C=O) groups is 1. The molecule has 8 heteroatoms. The second-order valence-electron chi connectivity index (χ2n) is 5.09. The van der Waals surface area contributed by atoms with Gasteiger partial charge in [-0.3, -0.25) is 15.5 Å². The molecule has 0 aromatic heterocycles. The lowest BCUT2D eigenvalue weighted by molar-refractivity contribution is -0.384. The maximum atomic E-state index is 12.3. The number of non-ortho nitro benzene ring substituents is 1. The van der Waals surface area contributed by atoms with E-state index in [4.69, 9.17) is 14.9 Å². The fraction of sp³-hybridized carbons (Fsp3) is 0.312. The van der Waals surface area contributed by atoms with Crippen LogP contribution in [0.2, 0.25) is 0 Å². The number of hydrogen-bond acceptors (Lipinski definition) is 7. The zero-order valence-corrected chi connectivity index (χ0v) is 13.1. The maximum absolute atomic E-state index is 12.3. The minimum atomic E-state index is -1.02. The summed E-state index contributed by atoms with van der Waals surface area (Å²) in [6.07, 6.45) is 0. The zero-order valence-electron chi connectivity index (χ0n) is 13.1. The maximum Gasteiger partial charge on any atom is 0.338 e. The monoisotopic (exact) mass is 329 g/mol. The number of benzene rings is 1. The van der Waals surface area contributed by atoms with Gasteiger partial charge in [-0.15, -0.1) is 0 Å². The number of esters is 1. The Hall–Kier alpha value is -3.21. The molecule has 0 fully saturated rings. The van der Waals surface area contributed by atoms with Crippen LogP contribution in [0.25, 0.3) is 0 Å². The van der Waals surface area contributed by atoms with Crippen LogP contribution in [0.5, 0.6) is 0 Å². The van der Waals surface area contributed by atoms with Gasteiger partial charge in [-0.2, -0.15) is 5.26 Å². The molecule has 1 heterocycles. The molecule has 0 spiro atoms. The highest BCUT2D eigenvalue weighted by Gasteiger charge is 2.41. The van der Waals surface area contributed by atoms with Crippen LogP contribution in [0.1, 0.15) is 25.3 Å². The van der Waals surface area contributed by atoms with Gasteiger partial charge in [-0.05, 0) is 19.4 Å². The van der Waals surface area contributed by atoms with Crippen molar-refractivity contribution in [3.63, 3.8) is 0 Å². The Morgan fingerprint density at radius 2 is 2.08 bits per heavy atom. The van der Waals surface area contributed by atoms with E-state index in [2.05, 4.69) is 0 Å². The number of ether oxygens (including phenoxy) is 2. The van der Waals surface area contributed by atoms with Crippen molar-refractivity contribution in [3.8, 4) is 6.07 Å². The fourth-order valence-corrected chi connectivity index (χ4v) is 2.60. The Bertz CT molecular complexity index is 761. The second-order valence-corrected chi connectivity index (χ2v) is 5.09. The first-order valence-corrected chi connectivity index (χ1v) is 7.18. The third kappa shape index (κ3) is 3.10. The van der Waals surface area contributed by atoms with E-state index in [0.29, 0.717) is 5.56 Å². The van der Waals surface area contributed by atoms with Crippen molar-refractivity contribution in [2.24, 2.45) is 5.92 Å². The minimum absolute atomic E-state index is 0.104. The second kappa shape index (κ2) is 6.91. The van der Waals surface area contributed by atoms with Gasteiger partial charge < -0.3 is 9.47 Å². The fourth-order valence-electron chi connectivity index (χ4n) is 2.60. The van der Waals surface area contributed by atoms with Gasteiger partial charge in [-0.1, -0.05) is 12.1 Å². The lowest BCUT2D eigenvalue weighted by Crippen LogP contribution is -2.33. The Morgan fingerprint density at radius 1 is 1.46 bits per heavy atom. The third-order valence-electron chi connectivity index (χ3n) is 3.67. The molecule has 8 nitrogen and oxygen atoms in total. The summed E-state index contributed by atoms with van der Waals surface area (Å²) in [6, 6.07) is 7.49. The molecule has 0 bridgehead atoms.